The predicted molar refractivity (Wildman–Crippen MR) is 65.5 cm³/mol. The van der Waals surface area contributed by atoms with Gasteiger partial charge in [-0.15, -0.1) is 0 Å². The van der Waals surface area contributed by atoms with Gasteiger partial charge in [-0.2, -0.15) is 5.10 Å². The zero-order valence-electron chi connectivity index (χ0n) is 9.59. The maximum absolute atomic E-state index is 12.7. The lowest BCUT2D eigenvalue weighted by atomic mass is 10.2. The zero-order chi connectivity index (χ0) is 13.8. The first kappa shape index (κ1) is 12.6. The minimum Gasteiger partial charge on any atom is -0.409 e. The number of hydrogen-bond donors (Lipinski definition) is 4. The Hall–Kier alpha value is -2.90. The molecule has 19 heavy (non-hydrogen) atoms. The highest BCUT2D eigenvalue weighted by Crippen LogP contribution is 2.12. The largest absolute Gasteiger partial charge is 0.409 e. The van der Waals surface area contributed by atoms with E-state index in [0.717, 1.165) is 0 Å². The number of anilines is 1. The summed E-state index contributed by atoms with van der Waals surface area (Å²) in [5.74, 6) is -0.917. The molecule has 0 aliphatic rings. The van der Waals surface area contributed by atoms with E-state index in [2.05, 4.69) is 20.7 Å². The van der Waals surface area contributed by atoms with E-state index in [-0.39, 0.29) is 22.8 Å². The van der Waals surface area contributed by atoms with Gasteiger partial charge in [0.1, 0.15) is 11.6 Å². The maximum atomic E-state index is 12.7. The van der Waals surface area contributed by atoms with E-state index in [1.807, 2.05) is 0 Å². The maximum Gasteiger partial charge on any atom is 0.256 e. The van der Waals surface area contributed by atoms with Crippen LogP contribution in [0, 0.1) is 5.82 Å². The number of benzene rings is 1. The molecule has 0 aliphatic heterocycles. The molecule has 2 rings (SSSR count). The van der Waals surface area contributed by atoms with Crippen molar-refractivity contribution in [2.24, 2.45) is 10.9 Å². The number of oxime groups is 1. The van der Waals surface area contributed by atoms with Crippen molar-refractivity contribution in [2.75, 3.05) is 5.32 Å². The second-order valence-electron chi connectivity index (χ2n) is 3.60. The molecule has 5 N–H and O–H groups in total. The number of carbonyl (C=O) groups is 1. The molecule has 98 valence electrons. The standard InChI is InChI=1S/C11H10FN5O2/c12-7-3-1-6(2-4-7)11(18)15-10-8(5-14-16-10)9(13)17-19/h1-5,19H,(H2,13,17)(H2,14,15,16,18). The first-order valence-corrected chi connectivity index (χ1v) is 5.20. The van der Waals surface area contributed by atoms with Crippen LogP contribution in [-0.2, 0) is 0 Å². The molecule has 0 aliphatic carbocycles. The molecule has 1 heterocycles. The fourth-order valence-corrected chi connectivity index (χ4v) is 1.42. The van der Waals surface area contributed by atoms with Crippen LogP contribution in [0.3, 0.4) is 0 Å². The average molecular weight is 263 g/mol. The van der Waals surface area contributed by atoms with Crippen LogP contribution in [0.15, 0.2) is 35.6 Å². The third-order valence-electron chi connectivity index (χ3n) is 2.37. The van der Waals surface area contributed by atoms with Crippen molar-refractivity contribution in [3.8, 4) is 0 Å². The van der Waals surface area contributed by atoms with Gasteiger partial charge in [-0.3, -0.25) is 9.89 Å². The number of nitrogens with zero attached hydrogens (tertiary/aromatic N) is 2. The Morgan fingerprint density at radius 1 is 1.42 bits per heavy atom. The van der Waals surface area contributed by atoms with Gasteiger partial charge in [0.2, 0.25) is 0 Å². The van der Waals surface area contributed by atoms with Gasteiger partial charge in [0.05, 0.1) is 11.8 Å². The molecule has 1 amide bonds. The molecule has 0 saturated heterocycles. The first-order chi connectivity index (χ1) is 9.11. The second-order valence-corrected chi connectivity index (χ2v) is 3.60. The Bertz CT molecular complexity index is 620. The summed E-state index contributed by atoms with van der Waals surface area (Å²) in [5.41, 5.74) is 5.93. The third-order valence-corrected chi connectivity index (χ3v) is 2.37. The molecular formula is C11H10FN5O2. The van der Waals surface area contributed by atoms with Crippen LogP contribution in [0.4, 0.5) is 10.2 Å². The van der Waals surface area contributed by atoms with Crippen LogP contribution in [0.1, 0.15) is 15.9 Å². The molecule has 0 bridgehead atoms. The highest BCUT2D eigenvalue weighted by molar-refractivity contribution is 6.08. The molecule has 0 atom stereocenters. The normalized spacial score (nSPS) is 11.3. The Labute approximate surface area is 106 Å². The van der Waals surface area contributed by atoms with E-state index in [0.29, 0.717) is 0 Å². The smallest absolute Gasteiger partial charge is 0.256 e. The van der Waals surface area contributed by atoms with Gasteiger partial charge in [-0.1, -0.05) is 5.16 Å². The molecule has 7 nitrogen and oxygen atoms in total. The summed E-state index contributed by atoms with van der Waals surface area (Å²) in [7, 11) is 0. The molecular weight excluding hydrogens is 253 g/mol. The summed E-state index contributed by atoms with van der Waals surface area (Å²) < 4.78 is 12.7. The van der Waals surface area contributed by atoms with E-state index < -0.39 is 11.7 Å². The van der Waals surface area contributed by atoms with Crippen molar-refractivity contribution in [1.29, 1.82) is 0 Å². The number of aromatic nitrogens is 2. The van der Waals surface area contributed by atoms with Gasteiger partial charge >= 0.3 is 0 Å². The van der Waals surface area contributed by atoms with Crippen LogP contribution in [0.5, 0.6) is 0 Å². The fraction of sp³-hybridized carbons (Fsp3) is 0. The van der Waals surface area contributed by atoms with Crippen molar-refractivity contribution >= 4 is 17.6 Å². The van der Waals surface area contributed by atoms with E-state index in [1.54, 1.807) is 0 Å². The first-order valence-electron chi connectivity index (χ1n) is 5.20. The van der Waals surface area contributed by atoms with E-state index in [9.17, 15) is 9.18 Å². The van der Waals surface area contributed by atoms with E-state index in [4.69, 9.17) is 10.9 Å². The molecule has 0 fully saturated rings. The lowest BCUT2D eigenvalue weighted by Crippen LogP contribution is -2.18. The third kappa shape index (κ3) is 2.68. The van der Waals surface area contributed by atoms with Crippen molar-refractivity contribution in [3.05, 3.63) is 47.4 Å². The number of aromatic amines is 1. The number of amidine groups is 1. The van der Waals surface area contributed by atoms with Gasteiger partial charge in [0.25, 0.3) is 5.91 Å². The number of halogens is 1. The highest BCUT2D eigenvalue weighted by atomic mass is 19.1. The van der Waals surface area contributed by atoms with Gasteiger partial charge in [0.15, 0.2) is 5.84 Å². The minimum absolute atomic E-state index is 0.185. The zero-order valence-corrected chi connectivity index (χ0v) is 9.59. The monoisotopic (exact) mass is 263 g/mol. The molecule has 8 heteroatoms. The molecule has 0 unspecified atom stereocenters. The summed E-state index contributed by atoms with van der Waals surface area (Å²) in [6.07, 6.45) is 1.30. The van der Waals surface area contributed by atoms with E-state index in [1.165, 1.54) is 30.5 Å². The van der Waals surface area contributed by atoms with Crippen molar-refractivity contribution in [3.63, 3.8) is 0 Å². The van der Waals surface area contributed by atoms with Crippen LogP contribution in [0.25, 0.3) is 0 Å². The Balaban J connectivity index is 2.20. The predicted octanol–water partition coefficient (Wildman–Crippen LogP) is 0.896. The summed E-state index contributed by atoms with van der Waals surface area (Å²) in [5, 5.41) is 20.1. The number of rotatable bonds is 3. The highest BCUT2D eigenvalue weighted by Gasteiger charge is 2.13. The van der Waals surface area contributed by atoms with Crippen LogP contribution < -0.4 is 11.1 Å². The van der Waals surface area contributed by atoms with Crippen LogP contribution >= 0.6 is 0 Å². The number of H-pyrrole nitrogens is 1. The van der Waals surface area contributed by atoms with Crippen molar-refractivity contribution < 1.29 is 14.4 Å². The minimum atomic E-state index is -0.476. The van der Waals surface area contributed by atoms with Gasteiger partial charge in [-0.25, -0.2) is 4.39 Å². The second kappa shape index (κ2) is 5.17. The van der Waals surface area contributed by atoms with Gasteiger partial charge < -0.3 is 16.3 Å². The number of nitrogens with two attached hydrogens (primary N) is 1. The fourth-order valence-electron chi connectivity index (χ4n) is 1.42. The number of amides is 1. The van der Waals surface area contributed by atoms with Crippen molar-refractivity contribution in [2.45, 2.75) is 0 Å². The Morgan fingerprint density at radius 2 is 2.11 bits per heavy atom. The average Bonchev–Trinajstić information content (AvgIpc) is 2.86. The Kier molecular flexibility index (Phi) is 3.42. The molecule has 2 aromatic rings. The molecule has 0 spiro atoms. The molecule has 0 radical (unpaired) electrons. The summed E-state index contributed by atoms with van der Waals surface area (Å²) >= 11 is 0. The van der Waals surface area contributed by atoms with Crippen LogP contribution in [0.2, 0.25) is 0 Å². The number of nitrogens with one attached hydrogen (secondary N) is 2. The molecule has 1 aromatic heterocycles. The topological polar surface area (TPSA) is 116 Å². The van der Waals surface area contributed by atoms with Crippen molar-refractivity contribution in [1.82, 2.24) is 10.2 Å². The molecule has 0 saturated carbocycles. The van der Waals surface area contributed by atoms with E-state index >= 15 is 0 Å². The molecule has 1 aromatic carbocycles. The SMILES string of the molecule is NC(=NO)c1cn[nH]c1NC(=O)c1ccc(F)cc1. The van der Waals surface area contributed by atoms with Crippen LogP contribution in [-0.4, -0.2) is 27.1 Å². The Morgan fingerprint density at radius 3 is 2.74 bits per heavy atom. The summed E-state index contributed by atoms with van der Waals surface area (Å²) in [6, 6.07) is 5.02. The summed E-state index contributed by atoms with van der Waals surface area (Å²) in [6.45, 7) is 0. The lowest BCUT2D eigenvalue weighted by molar-refractivity contribution is 0.102. The van der Waals surface area contributed by atoms with Gasteiger partial charge in [0, 0.05) is 5.56 Å². The quantitative estimate of drug-likeness (QED) is 0.285. The lowest BCUT2D eigenvalue weighted by Gasteiger charge is -2.04. The van der Waals surface area contributed by atoms with Gasteiger partial charge in [-0.05, 0) is 24.3 Å². The summed E-state index contributed by atoms with van der Waals surface area (Å²) in [4.78, 5) is 11.9. The number of carbonyl (C=O) groups excluding carboxylic acids is 1. The number of hydrogen-bond acceptors (Lipinski definition) is 4.